The summed E-state index contributed by atoms with van der Waals surface area (Å²) in [6.07, 6.45) is 3.30. The lowest BCUT2D eigenvalue weighted by Crippen LogP contribution is -2.01. The van der Waals surface area contributed by atoms with Crippen molar-refractivity contribution in [2.75, 3.05) is 5.43 Å². The molecule has 3 aromatic rings. The molecule has 0 bridgehead atoms. The fourth-order valence-corrected chi connectivity index (χ4v) is 2.52. The normalized spacial score (nSPS) is 12.0. The first-order valence-corrected chi connectivity index (χ1v) is 6.62. The van der Waals surface area contributed by atoms with Gasteiger partial charge in [-0.1, -0.05) is 0 Å². The molecule has 96 valence electrons. The second-order valence-corrected chi connectivity index (χ2v) is 4.97. The van der Waals surface area contributed by atoms with Gasteiger partial charge >= 0.3 is 0 Å². The number of aromatic amines is 1. The molecule has 0 saturated carbocycles. The molecule has 0 aliphatic heterocycles. The minimum absolute atomic E-state index is 0.715. The molecule has 0 radical (unpaired) electrons. The molecule has 3 heterocycles. The minimum atomic E-state index is 0.715. The van der Waals surface area contributed by atoms with Crippen LogP contribution in [0.5, 0.6) is 0 Å². The molecule has 3 aromatic heterocycles. The van der Waals surface area contributed by atoms with Crippen molar-refractivity contribution >= 4 is 33.1 Å². The molecule has 0 aliphatic carbocycles. The van der Waals surface area contributed by atoms with Crippen LogP contribution in [-0.2, 0) is 0 Å². The lowest BCUT2D eigenvalue weighted by Gasteiger charge is -2.02. The fraction of sp³-hybridized carbons (Fsp3) is 0.167. The Morgan fingerprint density at radius 2 is 2.32 bits per heavy atom. The van der Waals surface area contributed by atoms with Crippen LogP contribution >= 0.6 is 11.3 Å². The standard InChI is InChI=1S/C12H12N6S/c1-7-10(5-15-16-7)8(2)17-18-11-9-3-4-19-12(9)14-6-13-11/h3-6H,1-2H3,(H,15,16)(H,13,14,18)/b17-8+. The van der Waals surface area contributed by atoms with Crippen molar-refractivity contribution < 1.29 is 0 Å². The van der Waals surface area contributed by atoms with Crippen molar-refractivity contribution in [3.8, 4) is 0 Å². The van der Waals surface area contributed by atoms with Gasteiger partial charge in [0.15, 0.2) is 5.82 Å². The highest BCUT2D eigenvalue weighted by atomic mass is 32.1. The summed E-state index contributed by atoms with van der Waals surface area (Å²) in [5.74, 6) is 0.715. The number of aromatic nitrogens is 4. The zero-order valence-electron chi connectivity index (χ0n) is 10.5. The van der Waals surface area contributed by atoms with Crippen molar-refractivity contribution in [1.29, 1.82) is 0 Å². The van der Waals surface area contributed by atoms with Crippen LogP contribution in [0.2, 0.25) is 0 Å². The Kier molecular flexibility index (Phi) is 2.96. The Labute approximate surface area is 113 Å². The van der Waals surface area contributed by atoms with E-state index in [-0.39, 0.29) is 0 Å². The van der Waals surface area contributed by atoms with Crippen molar-refractivity contribution in [3.63, 3.8) is 0 Å². The summed E-state index contributed by atoms with van der Waals surface area (Å²) in [6.45, 7) is 3.89. The quantitative estimate of drug-likeness (QED) is 0.567. The molecular weight excluding hydrogens is 260 g/mol. The van der Waals surface area contributed by atoms with E-state index in [4.69, 9.17) is 0 Å². The molecule has 0 unspecified atom stereocenters. The van der Waals surface area contributed by atoms with Crippen LogP contribution < -0.4 is 5.43 Å². The summed E-state index contributed by atoms with van der Waals surface area (Å²) in [6, 6.07) is 1.98. The molecule has 0 saturated heterocycles. The Morgan fingerprint density at radius 3 is 3.11 bits per heavy atom. The molecule has 0 aliphatic rings. The number of nitrogens with zero attached hydrogens (tertiary/aromatic N) is 4. The molecule has 0 amide bonds. The van der Waals surface area contributed by atoms with E-state index in [1.165, 1.54) is 6.33 Å². The minimum Gasteiger partial charge on any atom is -0.282 e. The van der Waals surface area contributed by atoms with E-state index < -0.39 is 0 Å². The number of fused-ring (bicyclic) bond motifs is 1. The Balaban J connectivity index is 1.90. The highest BCUT2D eigenvalue weighted by molar-refractivity contribution is 7.16. The van der Waals surface area contributed by atoms with Gasteiger partial charge in [0, 0.05) is 11.3 Å². The summed E-state index contributed by atoms with van der Waals surface area (Å²) >= 11 is 1.58. The molecule has 19 heavy (non-hydrogen) atoms. The summed E-state index contributed by atoms with van der Waals surface area (Å²) in [5.41, 5.74) is 5.83. The molecular formula is C12H12N6S. The number of hydrogen-bond donors (Lipinski definition) is 2. The first-order valence-electron chi connectivity index (χ1n) is 5.74. The third-order valence-electron chi connectivity index (χ3n) is 2.81. The smallest absolute Gasteiger partial charge is 0.158 e. The Hall–Kier alpha value is -2.28. The second-order valence-electron chi connectivity index (χ2n) is 4.08. The van der Waals surface area contributed by atoms with E-state index in [0.717, 1.165) is 27.2 Å². The molecule has 0 atom stereocenters. The van der Waals surface area contributed by atoms with Crippen LogP contribution in [-0.4, -0.2) is 25.9 Å². The van der Waals surface area contributed by atoms with Gasteiger partial charge in [-0.05, 0) is 25.3 Å². The third-order valence-corrected chi connectivity index (χ3v) is 3.63. The van der Waals surface area contributed by atoms with Crippen LogP contribution in [0.1, 0.15) is 18.2 Å². The first kappa shape index (κ1) is 11.8. The van der Waals surface area contributed by atoms with Gasteiger partial charge in [-0.15, -0.1) is 11.3 Å². The van der Waals surface area contributed by atoms with Crippen LogP contribution in [0.4, 0.5) is 5.82 Å². The van der Waals surface area contributed by atoms with Crippen molar-refractivity contribution in [3.05, 3.63) is 35.2 Å². The van der Waals surface area contributed by atoms with Gasteiger partial charge in [-0.25, -0.2) is 9.97 Å². The highest BCUT2D eigenvalue weighted by Gasteiger charge is 2.06. The summed E-state index contributed by atoms with van der Waals surface area (Å²) in [7, 11) is 0. The van der Waals surface area contributed by atoms with E-state index in [9.17, 15) is 0 Å². The van der Waals surface area contributed by atoms with Gasteiger partial charge in [-0.2, -0.15) is 10.2 Å². The largest absolute Gasteiger partial charge is 0.282 e. The Morgan fingerprint density at radius 1 is 1.42 bits per heavy atom. The number of hydrogen-bond acceptors (Lipinski definition) is 6. The molecule has 0 fully saturated rings. The zero-order valence-corrected chi connectivity index (χ0v) is 11.3. The van der Waals surface area contributed by atoms with Gasteiger partial charge in [0.2, 0.25) is 0 Å². The SMILES string of the molecule is C/C(=N\Nc1ncnc2sccc12)c1cn[nH]c1C. The van der Waals surface area contributed by atoms with Crippen LogP contribution in [0.3, 0.4) is 0 Å². The third kappa shape index (κ3) is 2.19. The predicted molar refractivity (Wildman–Crippen MR) is 76.6 cm³/mol. The van der Waals surface area contributed by atoms with Crippen molar-refractivity contribution in [2.45, 2.75) is 13.8 Å². The van der Waals surface area contributed by atoms with Crippen molar-refractivity contribution in [1.82, 2.24) is 20.2 Å². The van der Waals surface area contributed by atoms with Gasteiger partial charge in [0.05, 0.1) is 17.3 Å². The number of rotatable bonds is 3. The van der Waals surface area contributed by atoms with E-state index in [2.05, 4.69) is 30.7 Å². The number of nitrogens with one attached hydrogen (secondary N) is 2. The van der Waals surface area contributed by atoms with E-state index >= 15 is 0 Å². The number of thiophene rings is 1. The number of H-pyrrole nitrogens is 1. The average Bonchev–Trinajstić information content (AvgIpc) is 3.04. The van der Waals surface area contributed by atoms with E-state index in [1.807, 2.05) is 25.3 Å². The topological polar surface area (TPSA) is 78.8 Å². The highest BCUT2D eigenvalue weighted by Crippen LogP contribution is 2.23. The average molecular weight is 272 g/mol. The maximum absolute atomic E-state index is 4.35. The van der Waals surface area contributed by atoms with Crippen LogP contribution in [0.15, 0.2) is 29.1 Å². The van der Waals surface area contributed by atoms with Gasteiger partial charge in [-0.3, -0.25) is 10.5 Å². The molecule has 0 aromatic carbocycles. The number of aryl methyl sites for hydroxylation is 1. The summed E-state index contributed by atoms with van der Waals surface area (Å²) in [4.78, 5) is 9.35. The summed E-state index contributed by atoms with van der Waals surface area (Å²) < 4.78 is 0. The fourth-order valence-electron chi connectivity index (χ4n) is 1.79. The molecule has 3 rings (SSSR count). The molecule has 6 nitrogen and oxygen atoms in total. The van der Waals surface area contributed by atoms with Gasteiger partial charge in [0.25, 0.3) is 0 Å². The molecule has 0 spiro atoms. The molecule has 2 N–H and O–H groups in total. The lowest BCUT2D eigenvalue weighted by molar-refractivity contribution is 1.05. The lowest BCUT2D eigenvalue weighted by atomic mass is 10.2. The number of anilines is 1. The van der Waals surface area contributed by atoms with Gasteiger partial charge < -0.3 is 0 Å². The maximum Gasteiger partial charge on any atom is 0.158 e. The predicted octanol–water partition coefficient (Wildman–Crippen LogP) is 2.56. The number of hydrazone groups is 1. The molecule has 7 heteroatoms. The van der Waals surface area contributed by atoms with E-state index in [1.54, 1.807) is 17.5 Å². The summed E-state index contributed by atoms with van der Waals surface area (Å²) in [5, 5.41) is 14.2. The maximum atomic E-state index is 4.35. The van der Waals surface area contributed by atoms with Crippen molar-refractivity contribution in [2.24, 2.45) is 5.10 Å². The first-order chi connectivity index (χ1) is 9.25. The second kappa shape index (κ2) is 4.77. The Bertz CT molecular complexity index is 741. The monoisotopic (exact) mass is 272 g/mol. The van der Waals surface area contributed by atoms with Crippen LogP contribution in [0, 0.1) is 6.92 Å². The van der Waals surface area contributed by atoms with Crippen LogP contribution in [0.25, 0.3) is 10.2 Å². The zero-order chi connectivity index (χ0) is 13.2. The van der Waals surface area contributed by atoms with E-state index in [0.29, 0.717) is 5.82 Å². The van der Waals surface area contributed by atoms with Gasteiger partial charge in [0.1, 0.15) is 11.2 Å².